The predicted octanol–water partition coefficient (Wildman–Crippen LogP) is 2.72. The first-order valence-electron chi connectivity index (χ1n) is 16.2. The number of rotatable bonds is 7. The SMILES string of the molecule is COc1ccc2cc1OCCn1nc(C)nc1[C@H](C(C)C)NC(=O)CN(C(=O)CCCn1nnc(-c3ccc(F)cc3)n1)CCCNC2=O. The molecule has 260 valence electrons. The number of tetrazole rings is 1. The van der Waals surface area contributed by atoms with Crippen LogP contribution in [-0.2, 0) is 22.7 Å². The molecule has 2 aromatic heterocycles. The highest BCUT2D eigenvalue weighted by atomic mass is 19.1. The summed E-state index contributed by atoms with van der Waals surface area (Å²) in [7, 11) is 1.53. The molecular formula is C33H41FN10O5. The largest absolute Gasteiger partial charge is 0.493 e. The average molecular weight is 677 g/mol. The molecular weight excluding hydrogens is 635 g/mol. The Balaban J connectivity index is 1.30. The van der Waals surface area contributed by atoms with E-state index in [2.05, 4.69) is 36.1 Å². The van der Waals surface area contributed by atoms with Crippen LogP contribution in [0, 0.1) is 18.7 Å². The molecule has 49 heavy (non-hydrogen) atoms. The van der Waals surface area contributed by atoms with Crippen molar-refractivity contribution in [1.29, 1.82) is 0 Å². The normalized spacial score (nSPS) is 16.2. The summed E-state index contributed by atoms with van der Waals surface area (Å²) in [5.41, 5.74) is 1.02. The van der Waals surface area contributed by atoms with Gasteiger partial charge in [-0.3, -0.25) is 14.4 Å². The van der Waals surface area contributed by atoms with Crippen molar-refractivity contribution in [2.24, 2.45) is 5.92 Å². The van der Waals surface area contributed by atoms with Gasteiger partial charge in [0.15, 0.2) is 11.5 Å². The van der Waals surface area contributed by atoms with E-state index in [1.54, 1.807) is 41.9 Å². The molecule has 4 aromatic rings. The number of halogens is 1. The van der Waals surface area contributed by atoms with Gasteiger partial charge in [0.1, 0.15) is 24.1 Å². The standard InChI is InChI=1S/C33H41FN10O5/c1-21(2)30-32-36-22(3)39-43(32)17-18-49-27-19-24(10-13-26(27)48-4)33(47)35-14-6-15-42(20-28(45)37-30)29(46)7-5-16-44-40-31(38-41-44)23-8-11-25(34)12-9-23/h8-13,19,21,30H,5-7,14-18,20H2,1-4H3,(H,35,47)(H,37,45)/t30-/m0/s1. The quantitative estimate of drug-likeness (QED) is 0.297. The molecule has 2 N–H and O–H groups in total. The lowest BCUT2D eigenvalue weighted by Gasteiger charge is -2.26. The van der Waals surface area contributed by atoms with Crippen molar-refractivity contribution >= 4 is 17.7 Å². The van der Waals surface area contributed by atoms with E-state index in [-0.39, 0.29) is 62.1 Å². The summed E-state index contributed by atoms with van der Waals surface area (Å²) < 4.78 is 26.5. The molecule has 0 aliphatic carbocycles. The Morgan fingerprint density at radius 1 is 1.10 bits per heavy atom. The molecule has 3 heterocycles. The summed E-state index contributed by atoms with van der Waals surface area (Å²) in [6.07, 6.45) is 0.936. The third-order valence-corrected chi connectivity index (χ3v) is 7.94. The van der Waals surface area contributed by atoms with Crippen LogP contribution in [0.5, 0.6) is 11.5 Å². The van der Waals surface area contributed by atoms with Gasteiger partial charge >= 0.3 is 0 Å². The molecule has 15 nitrogen and oxygen atoms in total. The van der Waals surface area contributed by atoms with E-state index in [9.17, 15) is 18.8 Å². The van der Waals surface area contributed by atoms with Gasteiger partial charge < -0.3 is 25.0 Å². The van der Waals surface area contributed by atoms with Crippen molar-refractivity contribution in [2.45, 2.75) is 59.2 Å². The molecule has 2 bridgehead atoms. The zero-order valence-corrected chi connectivity index (χ0v) is 28.1. The lowest BCUT2D eigenvalue weighted by molar-refractivity contribution is -0.136. The van der Waals surface area contributed by atoms with Crippen LogP contribution in [0.15, 0.2) is 42.5 Å². The van der Waals surface area contributed by atoms with Crippen molar-refractivity contribution in [2.75, 3.05) is 33.4 Å². The van der Waals surface area contributed by atoms with E-state index in [4.69, 9.17) is 9.47 Å². The molecule has 0 spiro atoms. The Kier molecular flexibility index (Phi) is 11.5. The number of hydrogen-bond acceptors (Lipinski definition) is 10. The Morgan fingerprint density at radius 3 is 2.63 bits per heavy atom. The van der Waals surface area contributed by atoms with Gasteiger partial charge in [0.2, 0.25) is 17.6 Å². The molecule has 1 atom stereocenters. The number of fused-ring (bicyclic) bond motifs is 3. The minimum absolute atomic E-state index is 0.0380. The van der Waals surface area contributed by atoms with Gasteiger partial charge in [-0.25, -0.2) is 14.1 Å². The second kappa shape index (κ2) is 16.1. The Bertz CT molecular complexity index is 1760. The molecule has 1 aliphatic heterocycles. The topological polar surface area (TPSA) is 171 Å². The highest BCUT2D eigenvalue weighted by molar-refractivity contribution is 5.94. The number of nitrogens with zero attached hydrogens (tertiary/aromatic N) is 8. The van der Waals surface area contributed by atoms with Crippen LogP contribution in [0.2, 0.25) is 0 Å². The molecule has 0 fully saturated rings. The second-order valence-electron chi connectivity index (χ2n) is 12.0. The number of carbonyl (C=O) groups is 3. The van der Waals surface area contributed by atoms with Crippen molar-refractivity contribution in [3.8, 4) is 22.9 Å². The predicted molar refractivity (Wildman–Crippen MR) is 175 cm³/mol. The second-order valence-corrected chi connectivity index (χ2v) is 12.0. The van der Waals surface area contributed by atoms with Gasteiger partial charge in [-0.1, -0.05) is 13.8 Å². The summed E-state index contributed by atoms with van der Waals surface area (Å²) in [5.74, 6) is 1.07. The van der Waals surface area contributed by atoms with Crippen LogP contribution in [0.1, 0.15) is 61.2 Å². The summed E-state index contributed by atoms with van der Waals surface area (Å²) in [5, 5.41) is 22.9. The summed E-state index contributed by atoms with van der Waals surface area (Å²) >= 11 is 0. The van der Waals surface area contributed by atoms with Crippen molar-refractivity contribution < 1.29 is 28.2 Å². The van der Waals surface area contributed by atoms with Crippen LogP contribution in [0.25, 0.3) is 11.4 Å². The lowest BCUT2D eigenvalue weighted by atomic mass is 10.0. The summed E-state index contributed by atoms with van der Waals surface area (Å²) in [6.45, 7) is 6.91. The smallest absolute Gasteiger partial charge is 0.251 e. The maximum Gasteiger partial charge on any atom is 0.251 e. The zero-order chi connectivity index (χ0) is 34.9. The minimum atomic E-state index is -0.476. The fraction of sp³-hybridized carbons (Fsp3) is 0.455. The molecule has 0 saturated carbocycles. The lowest BCUT2D eigenvalue weighted by Crippen LogP contribution is -2.44. The molecule has 16 heteroatoms. The summed E-state index contributed by atoms with van der Waals surface area (Å²) in [4.78, 5) is 47.4. The number of benzene rings is 2. The van der Waals surface area contributed by atoms with Crippen LogP contribution in [0.4, 0.5) is 4.39 Å². The number of aromatic nitrogens is 7. The number of amides is 3. The number of hydrogen-bond donors (Lipinski definition) is 2. The number of ether oxygens (including phenoxy) is 2. The number of aryl methyl sites for hydroxylation is 2. The maximum atomic E-state index is 13.5. The Hall–Kier alpha value is -5.41. The fourth-order valence-corrected chi connectivity index (χ4v) is 5.41. The molecule has 0 radical (unpaired) electrons. The van der Waals surface area contributed by atoms with E-state index in [1.807, 2.05) is 13.8 Å². The van der Waals surface area contributed by atoms with E-state index in [0.717, 1.165) is 0 Å². The van der Waals surface area contributed by atoms with E-state index in [1.165, 1.54) is 28.9 Å². The van der Waals surface area contributed by atoms with Gasteiger partial charge in [0.05, 0.1) is 32.8 Å². The first-order chi connectivity index (χ1) is 23.6. The zero-order valence-electron chi connectivity index (χ0n) is 28.1. The van der Waals surface area contributed by atoms with Crippen LogP contribution < -0.4 is 20.1 Å². The van der Waals surface area contributed by atoms with Crippen LogP contribution >= 0.6 is 0 Å². The van der Waals surface area contributed by atoms with Gasteiger partial charge in [0.25, 0.3) is 5.91 Å². The fourth-order valence-electron chi connectivity index (χ4n) is 5.41. The Labute approximate surface area is 283 Å². The molecule has 0 unspecified atom stereocenters. The number of nitrogens with one attached hydrogen (secondary N) is 2. The number of carbonyl (C=O) groups excluding carboxylic acids is 3. The molecule has 5 rings (SSSR count). The third-order valence-electron chi connectivity index (χ3n) is 7.94. The van der Waals surface area contributed by atoms with Crippen molar-refractivity contribution in [1.82, 2.24) is 50.5 Å². The van der Waals surface area contributed by atoms with Crippen molar-refractivity contribution in [3.63, 3.8) is 0 Å². The third kappa shape index (κ3) is 9.15. The molecule has 0 saturated heterocycles. The average Bonchev–Trinajstić information content (AvgIpc) is 3.70. The van der Waals surface area contributed by atoms with Gasteiger partial charge in [-0.15, -0.1) is 10.2 Å². The van der Waals surface area contributed by atoms with E-state index in [0.29, 0.717) is 66.0 Å². The van der Waals surface area contributed by atoms with E-state index < -0.39 is 6.04 Å². The van der Waals surface area contributed by atoms with Gasteiger partial charge in [-0.05, 0) is 73.4 Å². The maximum absolute atomic E-state index is 13.5. The highest BCUT2D eigenvalue weighted by Crippen LogP contribution is 2.28. The Morgan fingerprint density at radius 2 is 1.88 bits per heavy atom. The monoisotopic (exact) mass is 676 g/mol. The molecule has 1 aliphatic rings. The van der Waals surface area contributed by atoms with Crippen LogP contribution in [0.3, 0.4) is 0 Å². The van der Waals surface area contributed by atoms with Gasteiger partial charge in [-0.2, -0.15) is 9.90 Å². The first-order valence-corrected chi connectivity index (χ1v) is 16.2. The summed E-state index contributed by atoms with van der Waals surface area (Å²) in [6, 6.07) is 10.3. The number of methoxy groups -OCH3 is 1. The molecule has 3 amide bonds. The molecule has 2 aromatic carbocycles. The minimum Gasteiger partial charge on any atom is -0.493 e. The van der Waals surface area contributed by atoms with E-state index >= 15 is 0 Å². The highest BCUT2D eigenvalue weighted by Gasteiger charge is 2.27. The van der Waals surface area contributed by atoms with Crippen LogP contribution in [-0.4, -0.2) is 90.9 Å². The van der Waals surface area contributed by atoms with Gasteiger partial charge in [0, 0.05) is 30.6 Å². The first kappa shape index (κ1) is 34.9. The van der Waals surface area contributed by atoms with Crippen molar-refractivity contribution in [3.05, 3.63) is 65.5 Å².